The second-order valence-electron chi connectivity index (χ2n) is 7.10. The van der Waals surface area contributed by atoms with Gasteiger partial charge < -0.3 is 10.2 Å². The zero-order valence-corrected chi connectivity index (χ0v) is 19.8. The average molecular weight is 520 g/mol. The number of halogens is 4. The third-order valence-electron chi connectivity index (χ3n) is 5.41. The van der Waals surface area contributed by atoms with Gasteiger partial charge in [-0.05, 0) is 43.2 Å². The lowest BCUT2D eigenvalue weighted by Crippen LogP contribution is -2.31. The number of fused-ring (bicyclic) bond motifs is 1. The zero-order chi connectivity index (χ0) is 22.9. The summed E-state index contributed by atoms with van der Waals surface area (Å²) in [5.74, 6) is -0.681. The Morgan fingerprint density at radius 1 is 0.806 bits per heavy atom. The molecule has 1 heterocycles. The van der Waals surface area contributed by atoms with Crippen molar-refractivity contribution in [2.45, 2.75) is 24.3 Å². The van der Waals surface area contributed by atoms with Crippen LogP contribution in [-0.4, -0.2) is 18.6 Å². The van der Waals surface area contributed by atoms with Crippen molar-refractivity contribution >= 4 is 56.5 Å². The molecule has 0 atom stereocenters. The summed E-state index contributed by atoms with van der Waals surface area (Å²) in [6, 6.07) is 9.04. The molecule has 0 amide bonds. The third-order valence-corrected chi connectivity index (χ3v) is 8.27. The van der Waals surface area contributed by atoms with Crippen LogP contribution >= 0.6 is 46.4 Å². The smallest absolute Gasteiger partial charge is 0.298 e. The second-order valence-corrected chi connectivity index (χ2v) is 10.2. The van der Waals surface area contributed by atoms with E-state index < -0.39 is 15.7 Å². The summed E-state index contributed by atoms with van der Waals surface area (Å²) in [5.41, 5.74) is -0.252. The number of rotatable bonds is 2. The highest BCUT2D eigenvalue weighted by atomic mass is 35.5. The van der Waals surface area contributed by atoms with Gasteiger partial charge in [0.05, 0.1) is 20.1 Å². The first-order valence-corrected chi connectivity index (χ1v) is 11.8. The summed E-state index contributed by atoms with van der Waals surface area (Å²) < 4.78 is 31.9. The van der Waals surface area contributed by atoms with Crippen LogP contribution in [0.25, 0.3) is 0 Å². The maximum Gasteiger partial charge on any atom is 0.298 e. The second kappa shape index (κ2) is 7.44. The molecule has 1 aliphatic rings. The van der Waals surface area contributed by atoms with Crippen LogP contribution in [0.15, 0.2) is 41.3 Å². The monoisotopic (exact) mass is 518 g/mol. The highest BCUT2D eigenvalue weighted by Crippen LogP contribution is 2.55. The molecule has 0 aliphatic carbocycles. The molecule has 0 saturated carbocycles. The first-order valence-electron chi connectivity index (χ1n) is 8.84. The molecule has 2 N–H and O–H groups in total. The molecular formula is C21H14Cl4O5S. The molecule has 0 spiro atoms. The van der Waals surface area contributed by atoms with Crippen LogP contribution in [0.1, 0.15) is 27.8 Å². The van der Waals surface area contributed by atoms with E-state index in [1.807, 2.05) is 0 Å². The third kappa shape index (κ3) is 3.12. The number of benzene rings is 3. The molecule has 0 radical (unpaired) electrons. The van der Waals surface area contributed by atoms with Crippen LogP contribution < -0.4 is 0 Å². The van der Waals surface area contributed by atoms with Crippen LogP contribution in [-0.2, 0) is 19.9 Å². The number of hydrogen-bond donors (Lipinski definition) is 2. The number of phenolic OH excluding ortho intramolecular Hbond substituents is 2. The Morgan fingerprint density at radius 2 is 1.26 bits per heavy atom. The average Bonchev–Trinajstić information content (AvgIpc) is 2.98. The van der Waals surface area contributed by atoms with Gasteiger partial charge in [0.1, 0.15) is 4.90 Å². The lowest BCUT2D eigenvalue weighted by atomic mass is 9.77. The minimum absolute atomic E-state index is 0.0468. The van der Waals surface area contributed by atoms with Crippen LogP contribution in [0.3, 0.4) is 0 Å². The van der Waals surface area contributed by atoms with Crippen molar-refractivity contribution in [2.24, 2.45) is 0 Å². The molecule has 0 fully saturated rings. The Morgan fingerprint density at radius 3 is 1.74 bits per heavy atom. The van der Waals surface area contributed by atoms with Gasteiger partial charge >= 0.3 is 0 Å². The number of aromatic hydroxyl groups is 2. The van der Waals surface area contributed by atoms with Gasteiger partial charge in [0.2, 0.25) is 0 Å². The number of hydrogen-bond acceptors (Lipinski definition) is 5. The van der Waals surface area contributed by atoms with Gasteiger partial charge in [-0.3, -0.25) is 0 Å². The molecule has 4 rings (SSSR count). The highest BCUT2D eigenvalue weighted by Gasteiger charge is 2.53. The molecule has 0 bridgehead atoms. The van der Waals surface area contributed by atoms with E-state index in [0.717, 1.165) is 0 Å². The predicted octanol–water partition coefficient (Wildman–Crippen LogP) is 6.34. The zero-order valence-electron chi connectivity index (χ0n) is 16.0. The first kappa shape index (κ1) is 22.5. The van der Waals surface area contributed by atoms with Crippen molar-refractivity contribution in [3.63, 3.8) is 0 Å². The van der Waals surface area contributed by atoms with Crippen LogP contribution in [0.4, 0.5) is 0 Å². The summed E-state index contributed by atoms with van der Waals surface area (Å²) in [5, 5.41) is 20.1. The minimum Gasteiger partial charge on any atom is -0.505 e. The summed E-state index contributed by atoms with van der Waals surface area (Å²) in [6.07, 6.45) is 0. The van der Waals surface area contributed by atoms with Crippen LogP contribution in [0.2, 0.25) is 20.1 Å². The Balaban J connectivity index is 2.26. The minimum atomic E-state index is -4.21. The van der Waals surface area contributed by atoms with Gasteiger partial charge in [-0.1, -0.05) is 64.6 Å². The predicted molar refractivity (Wildman–Crippen MR) is 120 cm³/mol. The molecule has 0 unspecified atom stereocenters. The van der Waals surface area contributed by atoms with E-state index in [2.05, 4.69) is 0 Å². The van der Waals surface area contributed by atoms with E-state index in [-0.39, 0.29) is 53.2 Å². The molecule has 0 aromatic heterocycles. The Kier molecular flexibility index (Phi) is 5.41. The van der Waals surface area contributed by atoms with Gasteiger partial charge in [-0.15, -0.1) is 0 Å². The number of phenols is 2. The quantitative estimate of drug-likeness (QED) is 0.386. The highest BCUT2D eigenvalue weighted by molar-refractivity contribution is 7.87. The van der Waals surface area contributed by atoms with Crippen LogP contribution in [0, 0.1) is 13.8 Å². The van der Waals surface area contributed by atoms with Gasteiger partial charge in [0.25, 0.3) is 10.1 Å². The lowest BCUT2D eigenvalue weighted by molar-refractivity contribution is 0.178. The molecule has 31 heavy (non-hydrogen) atoms. The standard InChI is InChI=1S/C21H14Cl4O5S/c1-9-12(7-14(22)19(26)17(9)24)21(13-8-15(23)20(27)18(25)10(13)2)11-5-3-4-6-16(11)31(28,29)30-21/h3-8,26-27H,1-2H3. The molecule has 5 nitrogen and oxygen atoms in total. The van der Waals surface area contributed by atoms with E-state index in [4.69, 9.17) is 50.6 Å². The largest absolute Gasteiger partial charge is 0.505 e. The lowest BCUT2D eigenvalue weighted by Gasteiger charge is -2.33. The molecular weight excluding hydrogens is 506 g/mol. The molecule has 0 saturated heterocycles. The van der Waals surface area contributed by atoms with Crippen molar-refractivity contribution in [2.75, 3.05) is 0 Å². The fourth-order valence-corrected chi connectivity index (χ4v) is 6.22. The summed E-state index contributed by atoms with van der Waals surface area (Å²) >= 11 is 25.0. The Labute approximate surface area is 198 Å². The first-order chi connectivity index (χ1) is 14.4. The SMILES string of the molecule is Cc1c(C2(c3cc(Cl)c(O)c(Cl)c3C)OS(=O)(=O)c3ccccc32)cc(Cl)c(O)c1Cl. The summed E-state index contributed by atoms with van der Waals surface area (Å²) in [4.78, 5) is -0.0468. The van der Waals surface area contributed by atoms with Crippen LogP contribution in [0.5, 0.6) is 11.5 Å². The van der Waals surface area contributed by atoms with Crippen molar-refractivity contribution in [1.29, 1.82) is 0 Å². The van der Waals surface area contributed by atoms with Crippen molar-refractivity contribution in [3.8, 4) is 11.5 Å². The molecule has 3 aromatic rings. The molecule has 10 heteroatoms. The maximum absolute atomic E-state index is 13.1. The van der Waals surface area contributed by atoms with Gasteiger partial charge in [0, 0.05) is 16.7 Å². The Hall–Kier alpha value is -1.67. The van der Waals surface area contributed by atoms with Gasteiger partial charge in [-0.2, -0.15) is 8.42 Å². The molecule has 1 aliphatic heterocycles. The van der Waals surface area contributed by atoms with Crippen molar-refractivity contribution in [1.82, 2.24) is 0 Å². The molecule has 3 aromatic carbocycles. The van der Waals surface area contributed by atoms with Gasteiger partial charge in [-0.25, -0.2) is 4.18 Å². The topological polar surface area (TPSA) is 83.8 Å². The van der Waals surface area contributed by atoms with E-state index in [1.165, 1.54) is 18.2 Å². The van der Waals surface area contributed by atoms with Crippen molar-refractivity contribution < 1.29 is 22.8 Å². The summed E-state index contributed by atoms with van der Waals surface area (Å²) in [7, 11) is -4.21. The van der Waals surface area contributed by atoms with Crippen molar-refractivity contribution in [3.05, 3.63) is 84.3 Å². The van der Waals surface area contributed by atoms with Gasteiger partial charge in [0.15, 0.2) is 17.1 Å². The fourth-order valence-electron chi connectivity index (χ4n) is 3.89. The summed E-state index contributed by atoms with van der Waals surface area (Å²) in [6.45, 7) is 3.21. The normalized spacial score (nSPS) is 16.3. The maximum atomic E-state index is 13.1. The van der Waals surface area contributed by atoms with E-state index in [1.54, 1.807) is 32.0 Å². The van der Waals surface area contributed by atoms with E-state index >= 15 is 0 Å². The Bertz CT molecular complexity index is 1310. The van der Waals surface area contributed by atoms with E-state index in [0.29, 0.717) is 11.1 Å². The fraction of sp³-hybridized carbons (Fsp3) is 0.143. The van der Waals surface area contributed by atoms with E-state index in [9.17, 15) is 18.6 Å². The molecule has 162 valence electrons.